The number of hydrogen-bond acceptors (Lipinski definition) is 6. The molecule has 1 spiro atoms. The first-order valence-electron chi connectivity index (χ1n) is 8.02. The lowest BCUT2D eigenvalue weighted by Crippen LogP contribution is -2.51. The molecule has 0 atom stereocenters. The van der Waals surface area contributed by atoms with E-state index in [4.69, 9.17) is 0 Å². The lowest BCUT2D eigenvalue weighted by atomic mass is 9.82. The SMILES string of the molecule is CCn1cnnc1SCC(=O)NN1C(=O)NC2(CCCCC2)C1=O. The van der Waals surface area contributed by atoms with Crippen LogP contribution in [0.15, 0.2) is 11.5 Å². The zero-order valence-electron chi connectivity index (χ0n) is 13.4. The van der Waals surface area contributed by atoms with E-state index in [1.807, 2.05) is 11.5 Å². The van der Waals surface area contributed by atoms with Gasteiger partial charge in [-0.15, -0.1) is 10.2 Å². The van der Waals surface area contributed by atoms with E-state index in [1.165, 1.54) is 11.8 Å². The number of hydrazine groups is 1. The minimum atomic E-state index is -0.835. The predicted octanol–water partition coefficient (Wildman–Crippen LogP) is 0.676. The van der Waals surface area contributed by atoms with Gasteiger partial charge in [0.25, 0.3) is 5.91 Å². The maximum atomic E-state index is 12.6. The number of nitrogens with zero attached hydrogens (tertiary/aromatic N) is 4. The molecular formula is C14H20N6O3S. The van der Waals surface area contributed by atoms with Crippen LogP contribution in [0.25, 0.3) is 0 Å². The van der Waals surface area contributed by atoms with Crippen LogP contribution in [-0.2, 0) is 16.1 Å². The number of amides is 4. The normalized spacial score (nSPS) is 19.6. The third-order valence-electron chi connectivity index (χ3n) is 4.36. The summed E-state index contributed by atoms with van der Waals surface area (Å²) in [5.74, 6) is -0.743. The number of urea groups is 1. The minimum absolute atomic E-state index is 0.0444. The van der Waals surface area contributed by atoms with E-state index >= 15 is 0 Å². The Kier molecular flexibility index (Phi) is 4.74. The molecule has 2 aliphatic rings. The van der Waals surface area contributed by atoms with Gasteiger partial charge < -0.3 is 9.88 Å². The van der Waals surface area contributed by atoms with Gasteiger partial charge in [-0.1, -0.05) is 31.0 Å². The predicted molar refractivity (Wildman–Crippen MR) is 85.8 cm³/mol. The number of imide groups is 1. The Morgan fingerprint density at radius 1 is 1.38 bits per heavy atom. The van der Waals surface area contributed by atoms with E-state index in [9.17, 15) is 14.4 Å². The van der Waals surface area contributed by atoms with Crippen molar-refractivity contribution in [1.82, 2.24) is 30.5 Å². The molecule has 1 aromatic heterocycles. The smallest absolute Gasteiger partial charge is 0.322 e. The van der Waals surface area contributed by atoms with Gasteiger partial charge >= 0.3 is 6.03 Å². The van der Waals surface area contributed by atoms with Crippen molar-refractivity contribution < 1.29 is 14.4 Å². The number of carbonyl (C=O) groups is 3. The van der Waals surface area contributed by atoms with Gasteiger partial charge in [-0.3, -0.25) is 15.0 Å². The zero-order chi connectivity index (χ0) is 17.2. The van der Waals surface area contributed by atoms with E-state index in [0.717, 1.165) is 24.3 Å². The van der Waals surface area contributed by atoms with Crippen molar-refractivity contribution in [3.8, 4) is 0 Å². The van der Waals surface area contributed by atoms with Crippen molar-refractivity contribution in [2.45, 2.75) is 56.3 Å². The lowest BCUT2D eigenvalue weighted by Gasteiger charge is -2.30. The van der Waals surface area contributed by atoms with Crippen LogP contribution in [0.4, 0.5) is 4.79 Å². The molecule has 9 nitrogen and oxygen atoms in total. The average molecular weight is 352 g/mol. The standard InChI is InChI=1S/C14H20N6O3S/c1-2-19-9-15-17-13(19)24-8-10(21)18-20-11(22)14(16-12(20)23)6-4-3-5-7-14/h9H,2-8H2,1H3,(H,16,23)(H,18,21). The molecule has 1 saturated heterocycles. The summed E-state index contributed by atoms with van der Waals surface area (Å²) >= 11 is 1.21. The maximum Gasteiger partial charge on any atom is 0.344 e. The van der Waals surface area contributed by atoms with Gasteiger partial charge in [0, 0.05) is 6.54 Å². The van der Waals surface area contributed by atoms with Gasteiger partial charge in [-0.25, -0.2) is 4.79 Å². The van der Waals surface area contributed by atoms with Crippen LogP contribution in [0.5, 0.6) is 0 Å². The van der Waals surface area contributed by atoms with Crippen molar-refractivity contribution in [2.24, 2.45) is 0 Å². The zero-order valence-corrected chi connectivity index (χ0v) is 14.3. The number of rotatable bonds is 5. The molecule has 2 fully saturated rings. The van der Waals surface area contributed by atoms with Gasteiger partial charge in [0.2, 0.25) is 5.91 Å². The minimum Gasteiger partial charge on any atom is -0.322 e. The van der Waals surface area contributed by atoms with E-state index in [2.05, 4.69) is 20.9 Å². The van der Waals surface area contributed by atoms with Gasteiger partial charge in [0.1, 0.15) is 11.9 Å². The molecule has 24 heavy (non-hydrogen) atoms. The highest BCUT2D eigenvalue weighted by molar-refractivity contribution is 7.99. The topological polar surface area (TPSA) is 109 Å². The fourth-order valence-electron chi connectivity index (χ4n) is 3.08. The summed E-state index contributed by atoms with van der Waals surface area (Å²) in [6.45, 7) is 2.65. The summed E-state index contributed by atoms with van der Waals surface area (Å²) in [6.07, 6.45) is 5.69. The molecule has 2 heterocycles. The third-order valence-corrected chi connectivity index (χ3v) is 5.34. The van der Waals surface area contributed by atoms with Gasteiger partial charge in [0.05, 0.1) is 5.75 Å². The van der Waals surface area contributed by atoms with Crippen molar-refractivity contribution in [1.29, 1.82) is 0 Å². The van der Waals surface area contributed by atoms with Crippen LogP contribution in [0.1, 0.15) is 39.0 Å². The fraction of sp³-hybridized carbons (Fsp3) is 0.643. The second-order valence-electron chi connectivity index (χ2n) is 5.94. The summed E-state index contributed by atoms with van der Waals surface area (Å²) in [6, 6.07) is -0.558. The molecule has 130 valence electrons. The first-order chi connectivity index (χ1) is 11.6. The lowest BCUT2D eigenvalue weighted by molar-refractivity contribution is -0.139. The molecule has 4 amide bonds. The number of aromatic nitrogens is 3. The molecule has 3 rings (SSSR count). The van der Waals surface area contributed by atoms with Gasteiger partial charge in [-0.05, 0) is 19.8 Å². The second-order valence-corrected chi connectivity index (χ2v) is 6.88. The molecule has 1 saturated carbocycles. The molecule has 0 radical (unpaired) electrons. The van der Waals surface area contributed by atoms with E-state index in [-0.39, 0.29) is 11.7 Å². The summed E-state index contributed by atoms with van der Waals surface area (Å²) in [4.78, 5) is 36.7. The molecule has 2 N–H and O–H groups in total. The van der Waals surface area contributed by atoms with Crippen molar-refractivity contribution in [2.75, 3.05) is 5.75 Å². The molecule has 0 aromatic carbocycles. The summed E-state index contributed by atoms with van der Waals surface area (Å²) < 4.78 is 1.81. The summed E-state index contributed by atoms with van der Waals surface area (Å²) in [7, 11) is 0. The van der Waals surface area contributed by atoms with Crippen LogP contribution in [-0.4, -0.2) is 48.9 Å². The molecule has 1 aromatic rings. The molecule has 10 heteroatoms. The Balaban J connectivity index is 1.58. The highest BCUT2D eigenvalue weighted by Crippen LogP contribution is 2.33. The number of aryl methyl sites for hydroxylation is 1. The van der Waals surface area contributed by atoms with Crippen molar-refractivity contribution in [3.05, 3.63) is 6.33 Å². The molecular weight excluding hydrogens is 332 g/mol. The number of nitrogens with one attached hydrogen (secondary N) is 2. The Bertz CT molecular complexity index is 655. The highest BCUT2D eigenvalue weighted by Gasteiger charge is 2.52. The van der Waals surface area contributed by atoms with Crippen LogP contribution in [0.3, 0.4) is 0 Å². The quantitative estimate of drug-likeness (QED) is 0.596. The van der Waals surface area contributed by atoms with Crippen molar-refractivity contribution >= 4 is 29.6 Å². The molecule has 0 bridgehead atoms. The fourth-order valence-corrected chi connectivity index (χ4v) is 3.85. The largest absolute Gasteiger partial charge is 0.344 e. The van der Waals surface area contributed by atoms with Crippen LogP contribution < -0.4 is 10.7 Å². The molecule has 1 aliphatic carbocycles. The summed E-state index contributed by atoms with van der Waals surface area (Å²) in [5, 5.41) is 11.9. The first kappa shape index (κ1) is 16.7. The maximum absolute atomic E-state index is 12.6. The van der Waals surface area contributed by atoms with Gasteiger partial charge in [-0.2, -0.15) is 5.01 Å². The van der Waals surface area contributed by atoms with Crippen LogP contribution >= 0.6 is 11.8 Å². The molecule has 1 aliphatic heterocycles. The third kappa shape index (κ3) is 3.10. The van der Waals surface area contributed by atoms with Crippen LogP contribution in [0.2, 0.25) is 0 Å². The summed E-state index contributed by atoms with van der Waals surface area (Å²) in [5.41, 5.74) is 1.57. The number of thioether (sulfide) groups is 1. The second kappa shape index (κ2) is 6.80. The first-order valence-corrected chi connectivity index (χ1v) is 9.01. The van der Waals surface area contributed by atoms with Crippen molar-refractivity contribution in [3.63, 3.8) is 0 Å². The highest BCUT2D eigenvalue weighted by atomic mass is 32.2. The Labute approximate surface area is 143 Å². The number of hydrogen-bond donors (Lipinski definition) is 2. The Morgan fingerprint density at radius 3 is 2.83 bits per heavy atom. The van der Waals surface area contributed by atoms with E-state index in [1.54, 1.807) is 6.33 Å². The van der Waals surface area contributed by atoms with Gasteiger partial charge in [0.15, 0.2) is 5.16 Å². The Morgan fingerprint density at radius 2 is 2.12 bits per heavy atom. The Hall–Kier alpha value is -2.10. The van der Waals surface area contributed by atoms with Crippen LogP contribution in [0, 0.1) is 0 Å². The monoisotopic (exact) mass is 352 g/mol. The number of carbonyl (C=O) groups excluding carboxylic acids is 3. The molecule has 0 unspecified atom stereocenters. The van der Waals surface area contributed by atoms with E-state index in [0.29, 0.717) is 24.5 Å². The average Bonchev–Trinajstić information content (AvgIpc) is 3.12. The van der Waals surface area contributed by atoms with E-state index < -0.39 is 17.5 Å².